The summed E-state index contributed by atoms with van der Waals surface area (Å²) < 4.78 is 2.02. The number of nitrogens with one attached hydrogen (secondary N) is 2. The lowest BCUT2D eigenvalue weighted by molar-refractivity contribution is 0.182. The second kappa shape index (κ2) is 8.72. The lowest BCUT2D eigenvalue weighted by Gasteiger charge is -2.31. The third kappa shape index (κ3) is 5.10. The van der Waals surface area contributed by atoms with Crippen molar-refractivity contribution in [2.45, 2.75) is 26.2 Å². The molecule has 0 saturated carbocycles. The van der Waals surface area contributed by atoms with E-state index in [1.807, 2.05) is 53.4 Å². The molecule has 1 aromatic carbocycles. The Morgan fingerprint density at radius 2 is 1.92 bits per heavy atom. The molecule has 0 radical (unpaired) electrons. The molecule has 2 aromatic rings. The molecular weight excluding hydrogens is 312 g/mol. The lowest BCUT2D eigenvalue weighted by atomic mass is 9.97. The van der Waals surface area contributed by atoms with Crippen LogP contribution in [0.25, 0.3) is 5.69 Å². The van der Waals surface area contributed by atoms with Gasteiger partial charge in [0, 0.05) is 30.3 Å². The molecule has 0 atom stereocenters. The summed E-state index contributed by atoms with van der Waals surface area (Å²) in [6.45, 7) is 6.48. The maximum absolute atomic E-state index is 12.2. The zero-order chi connectivity index (χ0) is 17.5. The van der Waals surface area contributed by atoms with Crippen molar-refractivity contribution in [2.24, 2.45) is 5.92 Å². The fraction of sp³-hybridized carbons (Fsp3) is 0.450. The highest BCUT2D eigenvalue weighted by Gasteiger charge is 2.18. The molecule has 2 N–H and O–H groups in total. The minimum atomic E-state index is -0.124. The molecule has 1 aliphatic heterocycles. The van der Waals surface area contributed by atoms with Crippen LogP contribution in [0.4, 0.5) is 10.5 Å². The number of hydrogen-bond acceptors (Lipinski definition) is 2. The van der Waals surface area contributed by atoms with Gasteiger partial charge in [-0.15, -0.1) is 0 Å². The summed E-state index contributed by atoms with van der Waals surface area (Å²) in [4.78, 5) is 14.7. The van der Waals surface area contributed by atoms with Gasteiger partial charge in [0.15, 0.2) is 0 Å². The molecule has 25 heavy (non-hydrogen) atoms. The van der Waals surface area contributed by atoms with Crippen LogP contribution in [0.3, 0.4) is 0 Å². The van der Waals surface area contributed by atoms with Gasteiger partial charge in [-0.2, -0.15) is 0 Å². The van der Waals surface area contributed by atoms with E-state index in [2.05, 4.69) is 22.5 Å². The van der Waals surface area contributed by atoms with Crippen molar-refractivity contribution in [2.75, 3.05) is 31.5 Å². The third-order valence-electron chi connectivity index (χ3n) is 4.80. The second-order valence-electron chi connectivity index (χ2n) is 6.76. The molecule has 5 nitrogen and oxygen atoms in total. The highest BCUT2D eigenvalue weighted by Crippen LogP contribution is 2.17. The molecular formula is C20H28N4O. The number of rotatable bonds is 6. The van der Waals surface area contributed by atoms with Gasteiger partial charge in [-0.3, -0.25) is 0 Å². The van der Waals surface area contributed by atoms with Crippen molar-refractivity contribution in [1.29, 1.82) is 0 Å². The van der Waals surface area contributed by atoms with Gasteiger partial charge in [0.2, 0.25) is 0 Å². The highest BCUT2D eigenvalue weighted by molar-refractivity contribution is 5.89. The monoisotopic (exact) mass is 340 g/mol. The number of benzene rings is 1. The Morgan fingerprint density at radius 3 is 2.64 bits per heavy atom. The Bertz CT molecular complexity index is 660. The molecule has 0 spiro atoms. The van der Waals surface area contributed by atoms with Crippen molar-refractivity contribution in [1.82, 2.24) is 14.8 Å². The number of amides is 2. The van der Waals surface area contributed by atoms with Crippen LogP contribution in [0.15, 0.2) is 48.8 Å². The van der Waals surface area contributed by atoms with Crippen LogP contribution in [-0.4, -0.2) is 41.7 Å². The van der Waals surface area contributed by atoms with Crippen LogP contribution in [0.1, 0.15) is 26.2 Å². The van der Waals surface area contributed by atoms with E-state index in [9.17, 15) is 4.79 Å². The molecule has 2 amide bonds. The molecule has 2 heterocycles. The number of likely N-dealkylation sites (tertiary alicyclic amines) is 1. The van der Waals surface area contributed by atoms with Crippen LogP contribution in [0, 0.1) is 5.92 Å². The average Bonchev–Trinajstić information content (AvgIpc) is 3.16. The highest BCUT2D eigenvalue weighted by atomic mass is 16.2. The van der Waals surface area contributed by atoms with Crippen LogP contribution in [-0.2, 0) is 0 Å². The van der Waals surface area contributed by atoms with Gasteiger partial charge in [-0.05, 0) is 75.1 Å². The smallest absolute Gasteiger partial charge is 0.319 e. The topological polar surface area (TPSA) is 49.3 Å². The predicted octanol–water partition coefficient (Wildman–Crippen LogP) is 3.72. The number of carbonyl (C=O) groups excluding carboxylic acids is 1. The number of nitrogens with zero attached hydrogens (tertiary/aromatic N) is 2. The van der Waals surface area contributed by atoms with Gasteiger partial charge in [0.05, 0.1) is 0 Å². The number of carbonyl (C=O) groups is 1. The maximum Gasteiger partial charge on any atom is 0.319 e. The van der Waals surface area contributed by atoms with Gasteiger partial charge in [-0.1, -0.05) is 13.0 Å². The summed E-state index contributed by atoms with van der Waals surface area (Å²) in [6.07, 6.45) is 7.54. The first kappa shape index (κ1) is 17.5. The van der Waals surface area contributed by atoms with Crippen molar-refractivity contribution < 1.29 is 4.79 Å². The fourth-order valence-corrected chi connectivity index (χ4v) is 3.39. The molecule has 1 aliphatic rings. The zero-order valence-corrected chi connectivity index (χ0v) is 14.9. The van der Waals surface area contributed by atoms with E-state index in [-0.39, 0.29) is 6.03 Å². The standard InChI is InChI=1S/C20H28N4O/c1-2-10-23-13-8-17(9-14-23)16-21-20(25)22-18-6-5-7-19(15-18)24-11-3-4-12-24/h3-7,11-12,15,17H,2,8-10,13-14,16H2,1H3,(H2,21,22,25). The third-order valence-corrected chi connectivity index (χ3v) is 4.80. The van der Waals surface area contributed by atoms with Crippen molar-refractivity contribution >= 4 is 11.7 Å². The Balaban J connectivity index is 1.45. The van der Waals surface area contributed by atoms with E-state index in [1.54, 1.807) is 0 Å². The zero-order valence-electron chi connectivity index (χ0n) is 14.9. The summed E-state index contributed by atoms with van der Waals surface area (Å²) in [5, 5.41) is 5.97. The largest absolute Gasteiger partial charge is 0.338 e. The first-order valence-electron chi connectivity index (χ1n) is 9.25. The first-order valence-corrected chi connectivity index (χ1v) is 9.25. The van der Waals surface area contributed by atoms with Crippen LogP contribution in [0.2, 0.25) is 0 Å². The molecule has 0 bridgehead atoms. The number of piperidine rings is 1. The lowest BCUT2D eigenvalue weighted by Crippen LogP contribution is -2.40. The number of aromatic nitrogens is 1. The molecule has 0 unspecified atom stereocenters. The predicted molar refractivity (Wildman–Crippen MR) is 102 cm³/mol. The quantitative estimate of drug-likeness (QED) is 0.842. The Hall–Kier alpha value is -2.27. The first-order chi connectivity index (χ1) is 12.2. The molecule has 1 aromatic heterocycles. The van der Waals surface area contributed by atoms with E-state index in [4.69, 9.17) is 0 Å². The van der Waals surface area contributed by atoms with E-state index >= 15 is 0 Å². The number of anilines is 1. The summed E-state index contributed by atoms with van der Waals surface area (Å²) in [5.74, 6) is 0.588. The Labute approximate surface area is 150 Å². The minimum Gasteiger partial charge on any atom is -0.338 e. The average molecular weight is 340 g/mol. The summed E-state index contributed by atoms with van der Waals surface area (Å²) in [6, 6.07) is 11.7. The molecule has 5 heteroatoms. The van der Waals surface area contributed by atoms with Crippen molar-refractivity contribution in [3.8, 4) is 5.69 Å². The van der Waals surface area contributed by atoms with Crippen molar-refractivity contribution in [3.63, 3.8) is 0 Å². The Morgan fingerprint density at radius 1 is 1.16 bits per heavy atom. The summed E-state index contributed by atoms with van der Waals surface area (Å²) in [5.41, 5.74) is 1.84. The molecule has 3 rings (SSSR count). The normalized spacial score (nSPS) is 15.9. The van der Waals surface area contributed by atoms with E-state index < -0.39 is 0 Å². The van der Waals surface area contributed by atoms with Gasteiger partial charge in [-0.25, -0.2) is 4.79 Å². The summed E-state index contributed by atoms with van der Waals surface area (Å²) >= 11 is 0. The number of hydrogen-bond donors (Lipinski definition) is 2. The van der Waals surface area contributed by atoms with Crippen molar-refractivity contribution in [3.05, 3.63) is 48.8 Å². The molecule has 0 aliphatic carbocycles. The summed E-state index contributed by atoms with van der Waals surface area (Å²) in [7, 11) is 0. The van der Waals surface area contributed by atoms with E-state index in [0.717, 1.165) is 31.0 Å². The number of urea groups is 1. The maximum atomic E-state index is 12.2. The van der Waals surface area contributed by atoms with Gasteiger partial charge in [0.1, 0.15) is 0 Å². The second-order valence-corrected chi connectivity index (χ2v) is 6.76. The van der Waals surface area contributed by atoms with Crippen LogP contribution >= 0.6 is 0 Å². The molecule has 1 saturated heterocycles. The fourth-order valence-electron chi connectivity index (χ4n) is 3.39. The minimum absolute atomic E-state index is 0.124. The Kier molecular flexibility index (Phi) is 6.12. The van der Waals surface area contributed by atoms with Gasteiger partial charge in [0.25, 0.3) is 0 Å². The van der Waals surface area contributed by atoms with Gasteiger partial charge < -0.3 is 20.1 Å². The van der Waals surface area contributed by atoms with E-state index in [1.165, 1.54) is 25.8 Å². The van der Waals surface area contributed by atoms with Gasteiger partial charge >= 0.3 is 6.03 Å². The van der Waals surface area contributed by atoms with Crippen LogP contribution < -0.4 is 10.6 Å². The molecule has 134 valence electrons. The van der Waals surface area contributed by atoms with Crippen LogP contribution in [0.5, 0.6) is 0 Å². The molecule has 1 fully saturated rings. The van der Waals surface area contributed by atoms with E-state index in [0.29, 0.717) is 5.92 Å². The SMILES string of the molecule is CCCN1CCC(CNC(=O)Nc2cccc(-n3cccc3)c2)CC1.